The van der Waals surface area contributed by atoms with Gasteiger partial charge in [-0.15, -0.1) is 0 Å². The van der Waals surface area contributed by atoms with Crippen molar-refractivity contribution >= 4 is 34.8 Å². The molecule has 0 spiro atoms. The molecule has 1 amide bonds. The molecule has 128 valence electrons. The Bertz CT molecular complexity index is 909. The van der Waals surface area contributed by atoms with Crippen LogP contribution in [0.3, 0.4) is 0 Å². The Morgan fingerprint density at radius 3 is 2.76 bits per heavy atom. The summed E-state index contributed by atoms with van der Waals surface area (Å²) < 4.78 is 5.23. The van der Waals surface area contributed by atoms with Gasteiger partial charge >= 0.3 is 0 Å². The molecular formula is C18H15Cl2N3O2. The zero-order chi connectivity index (χ0) is 17.8. The van der Waals surface area contributed by atoms with Crippen molar-refractivity contribution in [2.45, 2.75) is 19.8 Å². The third-order valence-electron chi connectivity index (χ3n) is 3.65. The van der Waals surface area contributed by atoms with Gasteiger partial charge in [-0.25, -0.2) is 0 Å². The summed E-state index contributed by atoms with van der Waals surface area (Å²) >= 11 is 12.0. The summed E-state index contributed by atoms with van der Waals surface area (Å²) in [5.41, 5.74) is 2.45. The zero-order valence-electron chi connectivity index (χ0n) is 13.4. The molecule has 0 saturated carbocycles. The van der Waals surface area contributed by atoms with E-state index in [9.17, 15) is 4.79 Å². The standard InChI is InChI=1S/C18H15Cl2N3O2/c1-11-5-2-3-6-12(11)18-22-16(25-23-18)10-9-15(24)21-14-8-4-7-13(19)17(14)20/h2-8H,9-10H2,1H3,(H,21,24). The number of halogens is 2. The molecule has 3 rings (SSSR count). The van der Waals surface area contributed by atoms with Gasteiger partial charge in [0.05, 0.1) is 15.7 Å². The van der Waals surface area contributed by atoms with Crippen LogP contribution >= 0.6 is 23.2 Å². The number of aryl methyl sites for hydroxylation is 2. The van der Waals surface area contributed by atoms with Crippen LogP contribution in [0.5, 0.6) is 0 Å². The number of carbonyl (C=O) groups is 1. The summed E-state index contributed by atoms with van der Waals surface area (Å²) in [5, 5.41) is 7.41. The van der Waals surface area contributed by atoms with Crippen LogP contribution in [0.4, 0.5) is 5.69 Å². The van der Waals surface area contributed by atoms with Crippen LogP contribution in [0, 0.1) is 6.92 Å². The highest BCUT2D eigenvalue weighted by molar-refractivity contribution is 6.43. The van der Waals surface area contributed by atoms with E-state index in [4.69, 9.17) is 27.7 Å². The van der Waals surface area contributed by atoms with E-state index in [1.54, 1.807) is 18.2 Å². The lowest BCUT2D eigenvalue weighted by Gasteiger charge is -2.07. The van der Waals surface area contributed by atoms with Crippen LogP contribution in [-0.4, -0.2) is 16.0 Å². The molecule has 0 bridgehead atoms. The zero-order valence-corrected chi connectivity index (χ0v) is 14.9. The van der Waals surface area contributed by atoms with Gasteiger partial charge in [0, 0.05) is 18.4 Å². The number of hydrogen-bond acceptors (Lipinski definition) is 4. The SMILES string of the molecule is Cc1ccccc1-c1noc(CCC(=O)Nc2cccc(Cl)c2Cl)n1. The lowest BCUT2D eigenvalue weighted by Crippen LogP contribution is -2.12. The molecule has 5 nitrogen and oxygen atoms in total. The summed E-state index contributed by atoms with van der Waals surface area (Å²) in [6.45, 7) is 1.98. The molecule has 0 radical (unpaired) electrons. The maximum Gasteiger partial charge on any atom is 0.227 e. The highest BCUT2D eigenvalue weighted by Crippen LogP contribution is 2.29. The maximum absolute atomic E-state index is 12.1. The minimum absolute atomic E-state index is 0.193. The number of benzene rings is 2. The fraction of sp³-hybridized carbons (Fsp3) is 0.167. The molecule has 0 fully saturated rings. The average molecular weight is 376 g/mol. The second kappa shape index (κ2) is 7.68. The Labute approximate surface area is 155 Å². The third-order valence-corrected chi connectivity index (χ3v) is 4.46. The summed E-state index contributed by atoms with van der Waals surface area (Å²) in [5.74, 6) is 0.719. The fourth-order valence-corrected chi connectivity index (χ4v) is 2.67. The van der Waals surface area contributed by atoms with Gasteiger partial charge in [-0.05, 0) is 24.6 Å². The van der Waals surface area contributed by atoms with Crippen molar-refractivity contribution in [3.05, 3.63) is 64.0 Å². The molecule has 7 heteroatoms. The van der Waals surface area contributed by atoms with Gasteiger partial charge in [-0.3, -0.25) is 4.79 Å². The number of nitrogens with one attached hydrogen (secondary N) is 1. The van der Waals surface area contributed by atoms with Gasteiger partial charge in [0.1, 0.15) is 0 Å². The van der Waals surface area contributed by atoms with E-state index in [0.717, 1.165) is 11.1 Å². The molecule has 0 aliphatic rings. The van der Waals surface area contributed by atoms with Crippen molar-refractivity contribution in [3.8, 4) is 11.4 Å². The van der Waals surface area contributed by atoms with Crippen molar-refractivity contribution in [1.82, 2.24) is 10.1 Å². The van der Waals surface area contributed by atoms with Crippen molar-refractivity contribution in [3.63, 3.8) is 0 Å². The summed E-state index contributed by atoms with van der Waals surface area (Å²) in [6.07, 6.45) is 0.529. The normalized spacial score (nSPS) is 10.7. The monoisotopic (exact) mass is 375 g/mol. The second-order valence-electron chi connectivity index (χ2n) is 5.48. The van der Waals surface area contributed by atoms with Crippen molar-refractivity contribution < 1.29 is 9.32 Å². The van der Waals surface area contributed by atoms with E-state index >= 15 is 0 Å². The van der Waals surface area contributed by atoms with Gasteiger partial charge in [-0.1, -0.05) is 58.7 Å². The van der Waals surface area contributed by atoms with Crippen LogP contribution in [0.25, 0.3) is 11.4 Å². The number of hydrogen-bond donors (Lipinski definition) is 1. The largest absolute Gasteiger partial charge is 0.339 e. The van der Waals surface area contributed by atoms with E-state index in [1.165, 1.54) is 0 Å². The lowest BCUT2D eigenvalue weighted by molar-refractivity contribution is -0.116. The Kier molecular flexibility index (Phi) is 5.36. The van der Waals surface area contributed by atoms with E-state index < -0.39 is 0 Å². The quantitative estimate of drug-likeness (QED) is 0.686. The molecule has 0 atom stereocenters. The van der Waals surface area contributed by atoms with Crippen molar-refractivity contribution in [2.75, 3.05) is 5.32 Å². The molecule has 1 heterocycles. The molecule has 25 heavy (non-hydrogen) atoms. The first-order valence-corrected chi connectivity index (χ1v) is 8.42. The first kappa shape index (κ1) is 17.5. The Hall–Kier alpha value is -2.37. The number of amides is 1. The van der Waals surface area contributed by atoms with Crippen LogP contribution < -0.4 is 5.32 Å². The number of anilines is 1. The molecular weight excluding hydrogens is 361 g/mol. The molecule has 3 aromatic rings. The maximum atomic E-state index is 12.1. The number of rotatable bonds is 5. The predicted molar refractivity (Wildman–Crippen MR) is 97.9 cm³/mol. The van der Waals surface area contributed by atoms with E-state index in [-0.39, 0.29) is 12.3 Å². The van der Waals surface area contributed by atoms with Gasteiger partial charge in [0.2, 0.25) is 17.6 Å². The van der Waals surface area contributed by atoms with E-state index in [1.807, 2.05) is 31.2 Å². The summed E-state index contributed by atoms with van der Waals surface area (Å²) in [6, 6.07) is 12.8. The van der Waals surface area contributed by atoms with Gasteiger partial charge in [-0.2, -0.15) is 4.98 Å². The van der Waals surface area contributed by atoms with E-state index in [0.29, 0.717) is 33.9 Å². The van der Waals surface area contributed by atoms with Crippen molar-refractivity contribution in [1.29, 1.82) is 0 Å². The lowest BCUT2D eigenvalue weighted by atomic mass is 10.1. The Morgan fingerprint density at radius 2 is 1.96 bits per heavy atom. The smallest absolute Gasteiger partial charge is 0.227 e. The van der Waals surface area contributed by atoms with Gasteiger partial charge < -0.3 is 9.84 Å². The van der Waals surface area contributed by atoms with Gasteiger partial charge in [0.15, 0.2) is 0 Å². The van der Waals surface area contributed by atoms with Crippen LogP contribution in [0.2, 0.25) is 10.0 Å². The molecule has 1 aromatic heterocycles. The second-order valence-corrected chi connectivity index (χ2v) is 6.26. The summed E-state index contributed by atoms with van der Waals surface area (Å²) in [7, 11) is 0. The Balaban J connectivity index is 1.62. The topological polar surface area (TPSA) is 68.0 Å². The molecule has 0 unspecified atom stereocenters. The Morgan fingerprint density at radius 1 is 1.16 bits per heavy atom. The highest BCUT2D eigenvalue weighted by atomic mass is 35.5. The minimum Gasteiger partial charge on any atom is -0.339 e. The minimum atomic E-state index is -0.209. The number of nitrogens with zero attached hydrogens (tertiary/aromatic N) is 2. The third kappa shape index (κ3) is 4.18. The molecule has 0 saturated heterocycles. The molecule has 2 aromatic carbocycles. The predicted octanol–water partition coefficient (Wildman–Crippen LogP) is 4.92. The van der Waals surface area contributed by atoms with Crippen LogP contribution in [0.15, 0.2) is 47.0 Å². The van der Waals surface area contributed by atoms with Crippen LogP contribution in [-0.2, 0) is 11.2 Å². The first-order chi connectivity index (χ1) is 12.0. The fourth-order valence-electron chi connectivity index (χ4n) is 2.32. The van der Waals surface area contributed by atoms with Crippen LogP contribution in [0.1, 0.15) is 17.9 Å². The summed E-state index contributed by atoms with van der Waals surface area (Å²) in [4.78, 5) is 16.4. The van der Waals surface area contributed by atoms with Gasteiger partial charge in [0.25, 0.3) is 0 Å². The first-order valence-electron chi connectivity index (χ1n) is 7.67. The molecule has 0 aliphatic carbocycles. The number of aromatic nitrogens is 2. The van der Waals surface area contributed by atoms with E-state index in [2.05, 4.69) is 15.5 Å². The number of carbonyl (C=O) groups excluding carboxylic acids is 1. The highest BCUT2D eigenvalue weighted by Gasteiger charge is 2.13. The van der Waals surface area contributed by atoms with Crippen molar-refractivity contribution in [2.24, 2.45) is 0 Å². The molecule has 1 N–H and O–H groups in total. The molecule has 0 aliphatic heterocycles. The average Bonchev–Trinajstić information content (AvgIpc) is 3.06.